The van der Waals surface area contributed by atoms with Crippen molar-refractivity contribution in [2.24, 2.45) is 11.7 Å². The van der Waals surface area contributed by atoms with Crippen LogP contribution in [-0.4, -0.2) is 29.9 Å². The van der Waals surface area contributed by atoms with Crippen molar-refractivity contribution in [1.82, 2.24) is 4.90 Å². The molecule has 3 nitrogen and oxygen atoms in total. The Morgan fingerprint density at radius 1 is 1.35 bits per heavy atom. The molecule has 0 saturated carbocycles. The van der Waals surface area contributed by atoms with Gasteiger partial charge < -0.3 is 10.6 Å². The first kappa shape index (κ1) is 17.6. The number of likely N-dealkylation sites (tertiary alicyclic amines) is 1. The Morgan fingerprint density at radius 3 is 2.50 bits per heavy atom. The number of nitrogens with two attached hydrogens (primary N) is 1. The van der Waals surface area contributed by atoms with E-state index in [1.807, 2.05) is 11.8 Å². The molecule has 1 aromatic carbocycles. The third kappa shape index (κ3) is 3.79. The van der Waals surface area contributed by atoms with Crippen molar-refractivity contribution in [1.29, 1.82) is 0 Å². The normalized spacial score (nSPS) is 17.5. The van der Waals surface area contributed by atoms with E-state index in [9.17, 15) is 4.79 Å². The van der Waals surface area contributed by atoms with Gasteiger partial charge in [0.1, 0.15) is 0 Å². The maximum Gasteiger partial charge on any atom is 0.255 e. The zero-order valence-electron chi connectivity index (χ0n) is 11.3. The van der Waals surface area contributed by atoms with Crippen LogP contribution in [0, 0.1) is 5.92 Å². The average molecular weight is 338 g/mol. The van der Waals surface area contributed by atoms with Crippen LogP contribution in [-0.2, 0) is 0 Å². The highest BCUT2D eigenvalue weighted by molar-refractivity contribution is 6.43. The SMILES string of the molecule is CC(N)C1CCN(C(=O)c2cccc(Cl)c2Cl)CC1.Cl. The first-order chi connectivity index (χ1) is 9.00. The van der Waals surface area contributed by atoms with Crippen molar-refractivity contribution in [2.75, 3.05) is 13.1 Å². The molecule has 1 saturated heterocycles. The van der Waals surface area contributed by atoms with E-state index in [1.54, 1.807) is 18.2 Å². The van der Waals surface area contributed by atoms with Crippen LogP contribution in [0.1, 0.15) is 30.1 Å². The molecular formula is C14H19Cl3N2O. The summed E-state index contributed by atoms with van der Waals surface area (Å²) in [4.78, 5) is 14.2. The van der Waals surface area contributed by atoms with E-state index in [1.165, 1.54) is 0 Å². The molecule has 0 aliphatic carbocycles. The van der Waals surface area contributed by atoms with Crippen LogP contribution in [0.4, 0.5) is 0 Å². The van der Waals surface area contributed by atoms with Crippen LogP contribution in [0.25, 0.3) is 0 Å². The molecule has 0 spiro atoms. The number of benzene rings is 1. The Labute approximate surface area is 135 Å². The summed E-state index contributed by atoms with van der Waals surface area (Å²) < 4.78 is 0. The Balaban J connectivity index is 0.00000200. The van der Waals surface area contributed by atoms with Gasteiger partial charge in [-0.25, -0.2) is 0 Å². The number of carbonyl (C=O) groups excluding carboxylic acids is 1. The average Bonchev–Trinajstić information content (AvgIpc) is 2.41. The van der Waals surface area contributed by atoms with Gasteiger partial charge in [-0.05, 0) is 37.8 Å². The fraction of sp³-hybridized carbons (Fsp3) is 0.500. The lowest BCUT2D eigenvalue weighted by Gasteiger charge is -2.34. The fourth-order valence-corrected chi connectivity index (χ4v) is 2.85. The van der Waals surface area contributed by atoms with Gasteiger partial charge in [0.05, 0.1) is 15.6 Å². The van der Waals surface area contributed by atoms with Crippen molar-refractivity contribution in [3.8, 4) is 0 Å². The zero-order chi connectivity index (χ0) is 14.0. The van der Waals surface area contributed by atoms with E-state index >= 15 is 0 Å². The van der Waals surface area contributed by atoms with Crippen LogP contribution in [0.5, 0.6) is 0 Å². The summed E-state index contributed by atoms with van der Waals surface area (Å²) in [5.41, 5.74) is 6.38. The zero-order valence-corrected chi connectivity index (χ0v) is 13.6. The Morgan fingerprint density at radius 2 is 1.95 bits per heavy atom. The van der Waals surface area contributed by atoms with Crippen LogP contribution >= 0.6 is 35.6 Å². The quantitative estimate of drug-likeness (QED) is 0.896. The summed E-state index contributed by atoms with van der Waals surface area (Å²) >= 11 is 12.0. The van der Waals surface area contributed by atoms with Crippen molar-refractivity contribution < 1.29 is 4.79 Å². The van der Waals surface area contributed by atoms with Gasteiger partial charge in [-0.15, -0.1) is 12.4 Å². The number of carbonyl (C=O) groups is 1. The van der Waals surface area contributed by atoms with Crippen molar-refractivity contribution in [3.05, 3.63) is 33.8 Å². The molecule has 6 heteroatoms. The Bertz CT molecular complexity index is 471. The maximum absolute atomic E-state index is 12.4. The number of piperidine rings is 1. The van der Waals surface area contributed by atoms with E-state index in [4.69, 9.17) is 28.9 Å². The number of hydrogen-bond donors (Lipinski definition) is 1. The number of hydrogen-bond acceptors (Lipinski definition) is 2. The number of rotatable bonds is 2. The molecule has 1 amide bonds. The lowest BCUT2D eigenvalue weighted by Crippen LogP contribution is -2.42. The molecule has 1 atom stereocenters. The molecule has 0 aromatic heterocycles. The lowest BCUT2D eigenvalue weighted by molar-refractivity contribution is 0.0681. The van der Waals surface area contributed by atoms with Gasteiger partial charge in [0, 0.05) is 19.1 Å². The third-order valence-corrected chi connectivity index (χ3v) is 4.57. The molecule has 20 heavy (non-hydrogen) atoms. The number of nitrogens with zero attached hydrogens (tertiary/aromatic N) is 1. The molecule has 1 aromatic rings. The second kappa shape index (κ2) is 7.51. The lowest BCUT2D eigenvalue weighted by atomic mass is 9.90. The van der Waals surface area contributed by atoms with Crippen LogP contribution in [0.2, 0.25) is 10.0 Å². The highest BCUT2D eigenvalue weighted by Gasteiger charge is 2.26. The largest absolute Gasteiger partial charge is 0.339 e. The molecule has 1 fully saturated rings. The van der Waals surface area contributed by atoms with Crippen LogP contribution in [0.3, 0.4) is 0 Å². The fourth-order valence-electron chi connectivity index (χ4n) is 2.47. The molecule has 1 aliphatic rings. The molecule has 1 unspecified atom stereocenters. The smallest absolute Gasteiger partial charge is 0.255 e. The predicted octanol–water partition coefficient (Wildman–Crippen LogP) is 3.61. The summed E-state index contributed by atoms with van der Waals surface area (Å²) in [5.74, 6) is 0.453. The number of halogens is 3. The minimum absolute atomic E-state index is 0. The van der Waals surface area contributed by atoms with Gasteiger partial charge in [0.25, 0.3) is 5.91 Å². The molecule has 2 rings (SSSR count). The first-order valence-corrected chi connectivity index (χ1v) is 7.25. The Hall–Kier alpha value is -0.480. The molecule has 0 radical (unpaired) electrons. The van der Waals surface area contributed by atoms with Gasteiger partial charge in [0.2, 0.25) is 0 Å². The standard InChI is InChI=1S/C14H18Cl2N2O.ClH/c1-9(17)10-5-7-18(8-6-10)14(19)11-3-2-4-12(15)13(11)16;/h2-4,9-10H,5-8,17H2,1H3;1H. The van der Waals surface area contributed by atoms with Crippen molar-refractivity contribution in [2.45, 2.75) is 25.8 Å². The molecule has 1 aliphatic heterocycles. The highest BCUT2D eigenvalue weighted by atomic mass is 35.5. The first-order valence-electron chi connectivity index (χ1n) is 6.49. The minimum Gasteiger partial charge on any atom is -0.339 e. The summed E-state index contributed by atoms with van der Waals surface area (Å²) in [6.45, 7) is 3.48. The minimum atomic E-state index is -0.0457. The van der Waals surface area contributed by atoms with E-state index in [-0.39, 0.29) is 24.4 Å². The second-order valence-electron chi connectivity index (χ2n) is 5.09. The number of amides is 1. The monoisotopic (exact) mass is 336 g/mol. The predicted molar refractivity (Wildman–Crippen MR) is 86.0 cm³/mol. The van der Waals surface area contributed by atoms with Gasteiger partial charge in [-0.3, -0.25) is 4.79 Å². The van der Waals surface area contributed by atoms with E-state index in [0.717, 1.165) is 25.9 Å². The van der Waals surface area contributed by atoms with Gasteiger partial charge in [-0.1, -0.05) is 29.3 Å². The van der Waals surface area contributed by atoms with Crippen LogP contribution < -0.4 is 5.73 Å². The molecule has 1 heterocycles. The molecule has 0 bridgehead atoms. The van der Waals surface area contributed by atoms with E-state index < -0.39 is 0 Å². The van der Waals surface area contributed by atoms with Crippen molar-refractivity contribution >= 4 is 41.5 Å². The summed E-state index contributed by atoms with van der Waals surface area (Å²) in [6, 6.07) is 5.33. The Kier molecular flexibility index (Phi) is 6.59. The van der Waals surface area contributed by atoms with Crippen LogP contribution in [0.15, 0.2) is 18.2 Å². The second-order valence-corrected chi connectivity index (χ2v) is 5.88. The third-order valence-electron chi connectivity index (χ3n) is 3.75. The van der Waals surface area contributed by atoms with Gasteiger partial charge in [-0.2, -0.15) is 0 Å². The maximum atomic E-state index is 12.4. The topological polar surface area (TPSA) is 46.3 Å². The molecule has 2 N–H and O–H groups in total. The summed E-state index contributed by atoms with van der Waals surface area (Å²) in [7, 11) is 0. The van der Waals surface area contributed by atoms with Crippen molar-refractivity contribution in [3.63, 3.8) is 0 Å². The summed E-state index contributed by atoms with van der Waals surface area (Å²) in [6.07, 6.45) is 1.89. The highest BCUT2D eigenvalue weighted by Crippen LogP contribution is 2.28. The molecule has 112 valence electrons. The van der Waals surface area contributed by atoms with E-state index in [0.29, 0.717) is 21.5 Å². The van der Waals surface area contributed by atoms with E-state index in [2.05, 4.69) is 0 Å². The molecular weight excluding hydrogens is 319 g/mol. The van der Waals surface area contributed by atoms with Gasteiger partial charge >= 0.3 is 0 Å². The van der Waals surface area contributed by atoms with Gasteiger partial charge in [0.15, 0.2) is 0 Å². The summed E-state index contributed by atoms with van der Waals surface area (Å²) in [5, 5.41) is 0.751.